The molecule has 0 saturated heterocycles. The maximum Gasteiger partial charge on any atom is 0.257 e. The van der Waals surface area contributed by atoms with Crippen LogP contribution < -0.4 is 4.74 Å². The number of rotatable bonds is 5. The molecule has 1 atom stereocenters. The first kappa shape index (κ1) is 16.9. The number of likely N-dealkylation sites (N-methyl/N-ethyl adjacent to an activating group) is 1. The van der Waals surface area contributed by atoms with E-state index >= 15 is 0 Å². The maximum absolute atomic E-state index is 13.8. The van der Waals surface area contributed by atoms with Crippen molar-refractivity contribution >= 4 is 5.91 Å². The Morgan fingerprint density at radius 2 is 1.87 bits per heavy atom. The smallest absolute Gasteiger partial charge is 0.257 e. The number of ether oxygens (including phenoxy) is 1. The third-order valence-electron chi connectivity index (χ3n) is 3.62. The first-order valence-corrected chi connectivity index (χ1v) is 6.95. The van der Waals surface area contributed by atoms with Crippen molar-refractivity contribution in [3.8, 4) is 5.75 Å². The van der Waals surface area contributed by atoms with Crippen molar-refractivity contribution in [3.63, 3.8) is 0 Å². The molecule has 0 heterocycles. The number of halogens is 2. The summed E-state index contributed by atoms with van der Waals surface area (Å²) in [5, 5.41) is 9.61. The minimum atomic E-state index is -0.937. The molecule has 122 valence electrons. The van der Waals surface area contributed by atoms with Gasteiger partial charge in [-0.25, -0.2) is 8.78 Å². The molecule has 0 aliphatic heterocycles. The van der Waals surface area contributed by atoms with Crippen LogP contribution in [0.3, 0.4) is 0 Å². The number of hydrogen-bond acceptors (Lipinski definition) is 3. The van der Waals surface area contributed by atoms with Gasteiger partial charge in [0.25, 0.3) is 5.91 Å². The summed E-state index contributed by atoms with van der Waals surface area (Å²) in [5.41, 5.74) is 0.424. The number of aliphatic hydroxyl groups excluding tert-OH is 1. The number of carbonyl (C=O) groups is 1. The highest BCUT2D eigenvalue weighted by atomic mass is 19.1. The highest BCUT2D eigenvalue weighted by Crippen LogP contribution is 2.24. The average Bonchev–Trinajstić information content (AvgIpc) is 2.55. The Kier molecular flexibility index (Phi) is 5.28. The van der Waals surface area contributed by atoms with Crippen molar-refractivity contribution in [1.82, 2.24) is 4.90 Å². The third kappa shape index (κ3) is 3.65. The minimum Gasteiger partial charge on any atom is -0.497 e. The molecule has 2 rings (SSSR count). The lowest BCUT2D eigenvalue weighted by Gasteiger charge is -2.27. The van der Waals surface area contributed by atoms with Crippen molar-refractivity contribution in [1.29, 1.82) is 0 Å². The van der Waals surface area contributed by atoms with E-state index in [1.807, 2.05) is 0 Å². The van der Waals surface area contributed by atoms with Gasteiger partial charge < -0.3 is 14.7 Å². The fourth-order valence-electron chi connectivity index (χ4n) is 2.27. The number of nitrogens with zero attached hydrogens (tertiary/aromatic N) is 1. The van der Waals surface area contributed by atoms with Gasteiger partial charge in [-0.2, -0.15) is 0 Å². The highest BCUT2D eigenvalue weighted by Gasteiger charge is 2.24. The van der Waals surface area contributed by atoms with Crippen molar-refractivity contribution < 1.29 is 23.4 Å². The van der Waals surface area contributed by atoms with Crippen LogP contribution >= 0.6 is 0 Å². The van der Waals surface area contributed by atoms with E-state index in [1.54, 1.807) is 24.3 Å². The van der Waals surface area contributed by atoms with E-state index in [1.165, 1.54) is 19.1 Å². The van der Waals surface area contributed by atoms with Crippen molar-refractivity contribution in [2.75, 3.05) is 20.8 Å². The van der Waals surface area contributed by atoms with Gasteiger partial charge in [-0.05, 0) is 29.8 Å². The summed E-state index contributed by atoms with van der Waals surface area (Å²) in [5.74, 6) is -1.69. The second-order valence-electron chi connectivity index (χ2n) is 5.01. The van der Waals surface area contributed by atoms with Crippen LogP contribution in [0.2, 0.25) is 0 Å². The van der Waals surface area contributed by atoms with Crippen molar-refractivity contribution in [2.45, 2.75) is 6.04 Å². The molecule has 1 amide bonds. The molecule has 1 unspecified atom stereocenters. The van der Waals surface area contributed by atoms with Crippen LogP contribution in [-0.4, -0.2) is 36.7 Å². The quantitative estimate of drug-likeness (QED) is 0.921. The number of hydrogen-bond donors (Lipinski definition) is 1. The van der Waals surface area contributed by atoms with E-state index in [9.17, 15) is 18.7 Å². The minimum absolute atomic E-state index is 0.249. The van der Waals surface area contributed by atoms with E-state index in [4.69, 9.17) is 4.74 Å². The van der Waals surface area contributed by atoms with Crippen LogP contribution in [0.15, 0.2) is 42.5 Å². The van der Waals surface area contributed by atoms with Gasteiger partial charge in [0.05, 0.1) is 25.3 Å². The van der Waals surface area contributed by atoms with E-state index < -0.39 is 23.6 Å². The SMILES string of the molecule is COc1ccc(C(CO)N(C)C(=O)c2ccc(F)cc2F)cc1. The molecular formula is C17H17F2NO3. The summed E-state index contributed by atoms with van der Waals surface area (Å²) in [6, 6.07) is 8.94. The molecule has 4 nitrogen and oxygen atoms in total. The van der Waals surface area contributed by atoms with Gasteiger partial charge in [0.1, 0.15) is 17.4 Å². The van der Waals surface area contributed by atoms with Gasteiger partial charge in [0, 0.05) is 13.1 Å². The molecule has 1 N–H and O–H groups in total. The Hall–Kier alpha value is -2.47. The van der Waals surface area contributed by atoms with Crippen molar-refractivity contribution in [3.05, 3.63) is 65.2 Å². The first-order chi connectivity index (χ1) is 11.0. The maximum atomic E-state index is 13.8. The molecule has 2 aromatic carbocycles. The number of amides is 1. The molecule has 23 heavy (non-hydrogen) atoms. The molecule has 0 saturated carbocycles. The van der Waals surface area contributed by atoms with E-state index in [0.717, 1.165) is 12.1 Å². The lowest BCUT2D eigenvalue weighted by molar-refractivity contribution is 0.0653. The van der Waals surface area contributed by atoms with Gasteiger partial charge in [0.2, 0.25) is 0 Å². The lowest BCUT2D eigenvalue weighted by atomic mass is 10.0. The molecule has 0 aromatic heterocycles. The molecule has 0 fully saturated rings. The zero-order valence-corrected chi connectivity index (χ0v) is 12.8. The highest BCUT2D eigenvalue weighted by molar-refractivity contribution is 5.94. The van der Waals surface area contributed by atoms with Gasteiger partial charge >= 0.3 is 0 Å². The van der Waals surface area contributed by atoms with Gasteiger partial charge in [-0.15, -0.1) is 0 Å². The molecule has 6 heteroatoms. The van der Waals surface area contributed by atoms with E-state index in [-0.39, 0.29) is 12.2 Å². The van der Waals surface area contributed by atoms with Crippen LogP contribution in [0, 0.1) is 11.6 Å². The van der Waals surface area contributed by atoms with Gasteiger partial charge in [-0.1, -0.05) is 12.1 Å². The molecule has 0 aliphatic carbocycles. The van der Waals surface area contributed by atoms with E-state index in [2.05, 4.69) is 0 Å². The summed E-state index contributed by atoms with van der Waals surface area (Å²) >= 11 is 0. The second-order valence-corrected chi connectivity index (χ2v) is 5.01. The van der Waals surface area contributed by atoms with E-state index in [0.29, 0.717) is 17.4 Å². The van der Waals surface area contributed by atoms with Gasteiger partial charge in [-0.3, -0.25) is 4.79 Å². The Labute approximate surface area is 132 Å². The topological polar surface area (TPSA) is 49.8 Å². The standard InChI is InChI=1S/C17H17F2NO3/c1-20(17(22)14-8-5-12(18)9-15(14)19)16(10-21)11-3-6-13(23-2)7-4-11/h3-9,16,21H,10H2,1-2H3. The average molecular weight is 321 g/mol. The Balaban J connectivity index is 2.27. The molecule has 2 aromatic rings. The summed E-state index contributed by atoms with van der Waals surface area (Å²) in [6.07, 6.45) is 0. The second kappa shape index (κ2) is 7.19. The van der Waals surface area contributed by atoms with Gasteiger partial charge in [0.15, 0.2) is 0 Å². The number of methoxy groups -OCH3 is 1. The fourth-order valence-corrected chi connectivity index (χ4v) is 2.27. The molecule has 0 aliphatic rings. The zero-order valence-electron chi connectivity index (χ0n) is 12.8. The van der Waals surface area contributed by atoms with Crippen LogP contribution in [0.1, 0.15) is 22.0 Å². The first-order valence-electron chi connectivity index (χ1n) is 6.95. The summed E-state index contributed by atoms with van der Waals surface area (Å²) in [7, 11) is 2.99. The largest absolute Gasteiger partial charge is 0.497 e. The number of carbonyl (C=O) groups excluding carboxylic acids is 1. The number of benzene rings is 2. The van der Waals surface area contributed by atoms with Crippen molar-refractivity contribution in [2.24, 2.45) is 0 Å². The lowest BCUT2D eigenvalue weighted by Crippen LogP contribution is -2.33. The monoisotopic (exact) mass is 321 g/mol. The van der Waals surface area contributed by atoms with Crippen LogP contribution in [0.25, 0.3) is 0 Å². The molecule has 0 spiro atoms. The van der Waals surface area contributed by atoms with Crippen LogP contribution in [-0.2, 0) is 0 Å². The predicted molar refractivity (Wildman–Crippen MR) is 81.3 cm³/mol. The van der Waals surface area contributed by atoms with Crippen LogP contribution in [0.4, 0.5) is 8.78 Å². The fraction of sp³-hybridized carbons (Fsp3) is 0.235. The third-order valence-corrected chi connectivity index (χ3v) is 3.62. The Bertz CT molecular complexity index is 689. The summed E-state index contributed by atoms with van der Waals surface area (Å²) < 4.78 is 31.8. The molecule has 0 bridgehead atoms. The normalized spacial score (nSPS) is 11.9. The Morgan fingerprint density at radius 1 is 1.22 bits per heavy atom. The summed E-state index contributed by atoms with van der Waals surface area (Å²) in [6.45, 7) is -0.336. The van der Waals surface area contributed by atoms with Crippen LogP contribution in [0.5, 0.6) is 5.75 Å². The number of aliphatic hydroxyl groups is 1. The molecule has 0 radical (unpaired) electrons. The molecular weight excluding hydrogens is 304 g/mol. The predicted octanol–water partition coefficient (Wildman–Crippen LogP) is 2.78. The summed E-state index contributed by atoms with van der Waals surface area (Å²) in [4.78, 5) is 13.6. The zero-order chi connectivity index (χ0) is 17.0. The Morgan fingerprint density at radius 3 is 2.39 bits per heavy atom.